The van der Waals surface area contributed by atoms with Crippen LogP contribution in [0.25, 0.3) is 0 Å². The van der Waals surface area contributed by atoms with Crippen LogP contribution in [-0.4, -0.2) is 23.5 Å². The number of aromatic nitrogens is 1. The number of anilines is 1. The van der Waals surface area contributed by atoms with E-state index in [4.69, 9.17) is 16.3 Å². The van der Waals surface area contributed by atoms with Crippen LogP contribution in [0.4, 0.5) is 5.82 Å². The van der Waals surface area contributed by atoms with E-state index in [1.165, 1.54) is 38.3 Å². The largest absolute Gasteiger partial charge is 0.456 e. The van der Waals surface area contributed by atoms with Crippen molar-refractivity contribution in [2.45, 2.75) is 44.9 Å². The lowest BCUT2D eigenvalue weighted by molar-refractivity contribution is -0.147. The average molecular weight is 325 g/mol. The van der Waals surface area contributed by atoms with Gasteiger partial charge in [0.2, 0.25) is 0 Å². The van der Waals surface area contributed by atoms with Gasteiger partial charge in [-0.25, -0.2) is 4.98 Å². The molecule has 1 heterocycles. The second-order valence-corrected chi connectivity index (χ2v) is 6.05. The molecule has 0 aliphatic heterocycles. The van der Waals surface area contributed by atoms with Gasteiger partial charge >= 0.3 is 5.97 Å². The molecule has 1 N–H and O–H groups in total. The Morgan fingerprint density at radius 2 is 2.05 bits per heavy atom. The van der Waals surface area contributed by atoms with Crippen molar-refractivity contribution in [1.29, 1.82) is 0 Å². The van der Waals surface area contributed by atoms with Crippen LogP contribution in [0.15, 0.2) is 18.3 Å². The number of rotatable bonds is 6. The van der Waals surface area contributed by atoms with Crippen LogP contribution in [0.2, 0.25) is 5.02 Å². The average Bonchev–Trinajstić information content (AvgIpc) is 2.54. The first-order valence-electron chi connectivity index (χ1n) is 7.70. The molecule has 0 saturated heterocycles. The summed E-state index contributed by atoms with van der Waals surface area (Å²) in [4.78, 5) is 27.2. The van der Waals surface area contributed by atoms with Crippen molar-refractivity contribution in [2.24, 2.45) is 5.92 Å². The Kier molecular flexibility index (Phi) is 6.65. The third-order valence-corrected chi connectivity index (χ3v) is 4.06. The number of nitrogens with one attached hydrogen (secondary N) is 1. The second kappa shape index (κ2) is 8.73. The smallest absolute Gasteiger partial charge is 0.306 e. The zero-order valence-electron chi connectivity index (χ0n) is 12.5. The van der Waals surface area contributed by atoms with Crippen LogP contribution >= 0.6 is 11.6 Å². The molecule has 1 fully saturated rings. The summed E-state index contributed by atoms with van der Waals surface area (Å²) < 4.78 is 4.99. The van der Waals surface area contributed by atoms with Gasteiger partial charge in [-0.05, 0) is 24.5 Å². The molecule has 5 nitrogen and oxygen atoms in total. The maximum Gasteiger partial charge on any atom is 0.306 e. The number of esters is 1. The Morgan fingerprint density at radius 1 is 1.27 bits per heavy atom. The monoisotopic (exact) mass is 324 g/mol. The number of hydrogen-bond acceptors (Lipinski definition) is 4. The Bertz CT molecular complexity index is 499. The summed E-state index contributed by atoms with van der Waals surface area (Å²) in [5.74, 6) is 0.298. The van der Waals surface area contributed by atoms with Gasteiger partial charge in [0.15, 0.2) is 6.61 Å². The summed E-state index contributed by atoms with van der Waals surface area (Å²) >= 11 is 5.71. The molecule has 1 aromatic rings. The van der Waals surface area contributed by atoms with E-state index in [9.17, 15) is 9.59 Å². The van der Waals surface area contributed by atoms with Gasteiger partial charge in [-0.15, -0.1) is 0 Å². The molecule has 0 atom stereocenters. The number of ether oxygens (including phenoxy) is 1. The quantitative estimate of drug-likeness (QED) is 0.812. The van der Waals surface area contributed by atoms with Crippen molar-refractivity contribution in [2.75, 3.05) is 11.9 Å². The summed E-state index contributed by atoms with van der Waals surface area (Å²) in [7, 11) is 0. The van der Waals surface area contributed by atoms with Gasteiger partial charge in [0, 0.05) is 12.6 Å². The zero-order valence-corrected chi connectivity index (χ0v) is 13.3. The molecule has 22 heavy (non-hydrogen) atoms. The topological polar surface area (TPSA) is 68.3 Å². The highest BCUT2D eigenvalue weighted by Crippen LogP contribution is 2.27. The van der Waals surface area contributed by atoms with Gasteiger partial charge in [0.1, 0.15) is 5.82 Å². The standard InChI is InChI=1S/C16H21ClN2O3/c17-13-7-8-14(18-10-13)19-15(20)11-22-16(21)9-6-12-4-2-1-3-5-12/h7-8,10,12H,1-6,9,11H2,(H,18,19,20). The number of carbonyl (C=O) groups is 2. The molecular weight excluding hydrogens is 304 g/mol. The van der Waals surface area contributed by atoms with Gasteiger partial charge in [0.25, 0.3) is 5.91 Å². The van der Waals surface area contributed by atoms with E-state index in [1.807, 2.05) is 0 Å². The van der Waals surface area contributed by atoms with Crippen molar-refractivity contribution < 1.29 is 14.3 Å². The Hall–Kier alpha value is -1.62. The Balaban J connectivity index is 1.62. The summed E-state index contributed by atoms with van der Waals surface area (Å²) in [5, 5.41) is 3.04. The fraction of sp³-hybridized carbons (Fsp3) is 0.562. The first-order valence-corrected chi connectivity index (χ1v) is 8.08. The minimum absolute atomic E-state index is 0.284. The molecular formula is C16H21ClN2O3. The molecule has 1 aromatic heterocycles. The maximum atomic E-state index is 11.7. The summed E-state index contributed by atoms with van der Waals surface area (Å²) in [5.41, 5.74) is 0. The zero-order chi connectivity index (χ0) is 15.8. The van der Waals surface area contributed by atoms with E-state index in [0.717, 1.165) is 6.42 Å². The van der Waals surface area contributed by atoms with Crippen molar-refractivity contribution in [3.05, 3.63) is 23.4 Å². The van der Waals surface area contributed by atoms with Crippen LogP contribution in [0.5, 0.6) is 0 Å². The van der Waals surface area contributed by atoms with Gasteiger partial charge in [-0.3, -0.25) is 9.59 Å². The fourth-order valence-corrected chi connectivity index (χ4v) is 2.76. The number of nitrogens with zero attached hydrogens (tertiary/aromatic N) is 1. The van der Waals surface area contributed by atoms with Crippen LogP contribution in [0.3, 0.4) is 0 Å². The number of hydrogen-bond donors (Lipinski definition) is 1. The van der Waals surface area contributed by atoms with Crippen LogP contribution in [0, 0.1) is 5.92 Å². The minimum atomic E-state index is -0.402. The first kappa shape index (κ1) is 16.7. The number of pyridine rings is 1. The van der Waals surface area contributed by atoms with Crippen LogP contribution in [0.1, 0.15) is 44.9 Å². The lowest BCUT2D eigenvalue weighted by atomic mass is 9.86. The molecule has 0 bridgehead atoms. The van der Waals surface area contributed by atoms with Crippen molar-refractivity contribution in [3.8, 4) is 0 Å². The number of halogens is 1. The summed E-state index contributed by atoms with van der Waals surface area (Å²) in [6, 6.07) is 3.21. The van der Waals surface area contributed by atoms with Crippen molar-refractivity contribution in [1.82, 2.24) is 4.98 Å². The van der Waals surface area contributed by atoms with E-state index in [2.05, 4.69) is 10.3 Å². The molecule has 0 radical (unpaired) electrons. The lowest BCUT2D eigenvalue weighted by Crippen LogP contribution is -2.21. The van der Waals surface area contributed by atoms with Gasteiger partial charge in [-0.2, -0.15) is 0 Å². The fourth-order valence-electron chi connectivity index (χ4n) is 2.64. The predicted molar refractivity (Wildman–Crippen MR) is 84.6 cm³/mol. The third kappa shape index (κ3) is 6.02. The SMILES string of the molecule is O=C(COC(=O)CCC1CCCCC1)Nc1ccc(Cl)cn1. The van der Waals surface area contributed by atoms with Crippen LogP contribution < -0.4 is 5.32 Å². The van der Waals surface area contributed by atoms with Crippen LogP contribution in [-0.2, 0) is 14.3 Å². The van der Waals surface area contributed by atoms with E-state index in [0.29, 0.717) is 23.2 Å². The highest BCUT2D eigenvalue weighted by Gasteiger charge is 2.16. The summed E-state index contributed by atoms with van der Waals surface area (Å²) in [6.07, 6.45) is 8.92. The minimum Gasteiger partial charge on any atom is -0.456 e. The highest BCUT2D eigenvalue weighted by atomic mass is 35.5. The Morgan fingerprint density at radius 3 is 2.73 bits per heavy atom. The van der Waals surface area contributed by atoms with Gasteiger partial charge in [-0.1, -0.05) is 43.7 Å². The number of carbonyl (C=O) groups excluding carboxylic acids is 2. The maximum absolute atomic E-state index is 11.7. The second-order valence-electron chi connectivity index (χ2n) is 5.61. The molecule has 0 spiro atoms. The molecule has 1 amide bonds. The third-order valence-electron chi connectivity index (χ3n) is 3.84. The molecule has 1 aliphatic rings. The van der Waals surface area contributed by atoms with Crippen molar-refractivity contribution >= 4 is 29.3 Å². The molecule has 1 saturated carbocycles. The summed E-state index contributed by atoms with van der Waals surface area (Å²) in [6.45, 7) is -0.284. The normalized spacial score (nSPS) is 15.3. The number of amides is 1. The molecule has 1 aliphatic carbocycles. The highest BCUT2D eigenvalue weighted by molar-refractivity contribution is 6.30. The molecule has 0 unspecified atom stereocenters. The lowest BCUT2D eigenvalue weighted by Gasteiger charge is -2.20. The van der Waals surface area contributed by atoms with Gasteiger partial charge in [0.05, 0.1) is 5.02 Å². The van der Waals surface area contributed by atoms with E-state index < -0.39 is 5.91 Å². The molecule has 2 rings (SSSR count). The van der Waals surface area contributed by atoms with Crippen molar-refractivity contribution in [3.63, 3.8) is 0 Å². The van der Waals surface area contributed by atoms with E-state index in [-0.39, 0.29) is 12.6 Å². The van der Waals surface area contributed by atoms with Gasteiger partial charge < -0.3 is 10.1 Å². The molecule has 6 heteroatoms. The van der Waals surface area contributed by atoms with E-state index >= 15 is 0 Å². The predicted octanol–water partition coefficient (Wildman–Crippen LogP) is 3.58. The first-order chi connectivity index (χ1) is 10.6. The van der Waals surface area contributed by atoms with E-state index in [1.54, 1.807) is 12.1 Å². The molecule has 0 aromatic carbocycles. The molecule has 120 valence electrons. The Labute approximate surface area is 135 Å².